The molecule has 10 heavy (non-hydrogen) atoms. The number of nitriles is 2. The van der Waals surface area contributed by atoms with E-state index in [0.717, 1.165) is 0 Å². The summed E-state index contributed by atoms with van der Waals surface area (Å²) in [5, 5.41) is 16.8. The minimum absolute atomic E-state index is 0.616. The normalized spacial score (nSPS) is 29.0. The van der Waals surface area contributed by atoms with E-state index < -0.39 is 12.1 Å². The third kappa shape index (κ3) is 1.01. The summed E-state index contributed by atoms with van der Waals surface area (Å²) >= 11 is 0. The summed E-state index contributed by atoms with van der Waals surface area (Å²) in [5.74, 6) is 0. The predicted molar refractivity (Wildman–Crippen MR) is 35.8 cm³/mol. The number of hydrogen-bond acceptors (Lipinski definition) is 4. The van der Waals surface area contributed by atoms with Crippen LogP contribution in [0.5, 0.6) is 0 Å². The second kappa shape index (κ2) is 2.75. The smallest absolute Gasteiger partial charge is 0.172 e. The summed E-state index contributed by atoms with van der Waals surface area (Å²) in [4.78, 5) is 7.48. The van der Waals surface area contributed by atoms with Crippen LogP contribution in [-0.4, -0.2) is 24.5 Å². The lowest BCUT2D eigenvalue weighted by Gasteiger charge is -2.07. The summed E-state index contributed by atoms with van der Waals surface area (Å²) in [6, 6.07) is 2.51. The number of nitrogens with zero attached hydrogens (tertiary/aromatic N) is 4. The van der Waals surface area contributed by atoms with E-state index >= 15 is 0 Å². The van der Waals surface area contributed by atoms with Crippen molar-refractivity contribution in [2.75, 3.05) is 0 Å². The average molecular weight is 132 g/mol. The molecule has 4 nitrogen and oxygen atoms in total. The van der Waals surface area contributed by atoms with Crippen molar-refractivity contribution in [1.82, 2.24) is 0 Å². The molecule has 1 aliphatic rings. The molecule has 1 heterocycles. The first-order valence-electron chi connectivity index (χ1n) is 2.72. The van der Waals surface area contributed by atoms with Gasteiger partial charge in [-0.15, -0.1) is 0 Å². The van der Waals surface area contributed by atoms with E-state index in [2.05, 4.69) is 9.98 Å². The molecule has 2 unspecified atom stereocenters. The van der Waals surface area contributed by atoms with Crippen LogP contribution in [-0.2, 0) is 0 Å². The zero-order valence-electron chi connectivity index (χ0n) is 5.10. The highest BCUT2D eigenvalue weighted by molar-refractivity contribution is 6.16. The van der Waals surface area contributed by atoms with Crippen molar-refractivity contribution in [1.29, 1.82) is 10.5 Å². The maximum atomic E-state index is 8.40. The van der Waals surface area contributed by atoms with Crippen LogP contribution in [0.3, 0.4) is 0 Å². The van der Waals surface area contributed by atoms with Gasteiger partial charge in [0.15, 0.2) is 12.1 Å². The van der Waals surface area contributed by atoms with Crippen LogP contribution in [0.1, 0.15) is 0 Å². The lowest BCUT2D eigenvalue weighted by molar-refractivity contribution is 0.731. The van der Waals surface area contributed by atoms with Gasteiger partial charge in [-0.3, -0.25) is 9.98 Å². The summed E-state index contributed by atoms with van der Waals surface area (Å²) in [7, 11) is 0. The Hall–Kier alpha value is -1.68. The largest absolute Gasteiger partial charge is 0.270 e. The minimum atomic E-state index is -0.616. The van der Waals surface area contributed by atoms with Gasteiger partial charge in [0.2, 0.25) is 0 Å². The lowest BCUT2D eigenvalue weighted by Crippen LogP contribution is -2.22. The second-order valence-electron chi connectivity index (χ2n) is 1.74. The molecule has 0 N–H and O–H groups in total. The highest BCUT2D eigenvalue weighted by Crippen LogP contribution is 2.03. The van der Waals surface area contributed by atoms with Crippen molar-refractivity contribution in [2.45, 2.75) is 12.1 Å². The quantitative estimate of drug-likeness (QED) is 0.462. The van der Waals surface area contributed by atoms with E-state index in [1.54, 1.807) is 0 Å². The fourth-order valence-corrected chi connectivity index (χ4v) is 0.633. The fraction of sp³-hybridized carbons (Fsp3) is 0.333. The van der Waals surface area contributed by atoms with Gasteiger partial charge in [0.1, 0.15) is 0 Å². The second-order valence-corrected chi connectivity index (χ2v) is 1.74. The molecule has 0 saturated carbocycles. The van der Waals surface area contributed by atoms with Gasteiger partial charge in [-0.2, -0.15) is 10.5 Å². The first kappa shape index (κ1) is 6.44. The minimum Gasteiger partial charge on any atom is -0.270 e. The van der Waals surface area contributed by atoms with Gasteiger partial charge >= 0.3 is 0 Å². The maximum absolute atomic E-state index is 8.40. The molecule has 0 fully saturated rings. The Morgan fingerprint density at radius 1 is 1.00 bits per heavy atom. The van der Waals surface area contributed by atoms with Crippen LogP contribution in [0.25, 0.3) is 0 Å². The van der Waals surface area contributed by atoms with Crippen molar-refractivity contribution < 1.29 is 0 Å². The summed E-state index contributed by atoms with van der Waals surface area (Å²) < 4.78 is 0. The van der Waals surface area contributed by atoms with E-state index in [-0.39, 0.29) is 0 Å². The predicted octanol–water partition coefficient (Wildman–Crippen LogP) is -0.0740. The molecule has 0 spiro atoms. The van der Waals surface area contributed by atoms with Gasteiger partial charge in [0, 0.05) is 12.4 Å². The Kier molecular flexibility index (Phi) is 1.77. The summed E-state index contributed by atoms with van der Waals surface area (Å²) in [5.41, 5.74) is 0. The van der Waals surface area contributed by atoms with Crippen molar-refractivity contribution in [2.24, 2.45) is 9.98 Å². The van der Waals surface area contributed by atoms with E-state index in [0.29, 0.717) is 0 Å². The molecule has 0 aromatic rings. The number of hydrogen-bond donors (Lipinski definition) is 0. The van der Waals surface area contributed by atoms with Crippen molar-refractivity contribution in [3.63, 3.8) is 0 Å². The molecule has 4 heteroatoms. The Balaban J connectivity index is 2.78. The first-order valence-corrected chi connectivity index (χ1v) is 2.72. The van der Waals surface area contributed by atoms with Crippen molar-refractivity contribution in [3.8, 4) is 12.1 Å². The third-order valence-corrected chi connectivity index (χ3v) is 1.12. The third-order valence-electron chi connectivity index (χ3n) is 1.12. The number of aliphatic imine (C=N–C) groups is 2. The fourth-order valence-electron chi connectivity index (χ4n) is 0.633. The van der Waals surface area contributed by atoms with Crippen LogP contribution >= 0.6 is 0 Å². The van der Waals surface area contributed by atoms with Crippen LogP contribution in [0.15, 0.2) is 9.98 Å². The topological polar surface area (TPSA) is 72.3 Å². The van der Waals surface area contributed by atoms with E-state index in [1.807, 2.05) is 12.1 Å². The molecule has 0 radical (unpaired) electrons. The van der Waals surface area contributed by atoms with Gasteiger partial charge in [0.05, 0.1) is 12.1 Å². The summed E-state index contributed by atoms with van der Waals surface area (Å²) in [6.45, 7) is 0. The number of rotatable bonds is 0. The summed E-state index contributed by atoms with van der Waals surface area (Å²) in [6.07, 6.45) is 2.86. The molecule has 0 aromatic heterocycles. The van der Waals surface area contributed by atoms with E-state index in [4.69, 9.17) is 10.5 Å². The molecule has 1 aliphatic heterocycles. The molecule has 1 rings (SSSR count). The molecule has 0 aromatic carbocycles. The average Bonchev–Trinajstić information content (AvgIpc) is 2.04. The molecule has 0 amide bonds. The maximum Gasteiger partial charge on any atom is 0.172 e. The molecule has 0 bridgehead atoms. The van der Waals surface area contributed by atoms with Crippen molar-refractivity contribution in [3.05, 3.63) is 0 Å². The van der Waals surface area contributed by atoms with Crippen LogP contribution in [0, 0.1) is 22.7 Å². The zero-order valence-corrected chi connectivity index (χ0v) is 5.10. The Morgan fingerprint density at radius 2 is 1.40 bits per heavy atom. The lowest BCUT2D eigenvalue weighted by atomic mass is 10.1. The first-order chi connectivity index (χ1) is 4.88. The molecule has 48 valence electrons. The molecule has 0 saturated heterocycles. The molecule has 0 aliphatic carbocycles. The highest BCUT2D eigenvalue weighted by Gasteiger charge is 2.19. The Labute approximate surface area is 58.1 Å². The van der Waals surface area contributed by atoms with Gasteiger partial charge in [-0.25, -0.2) is 0 Å². The van der Waals surface area contributed by atoms with Crippen molar-refractivity contribution >= 4 is 12.4 Å². The SMILES string of the molecule is N#CC1N=CC=NC1C#N. The van der Waals surface area contributed by atoms with Gasteiger partial charge in [-0.1, -0.05) is 0 Å². The Bertz CT molecular complexity index is 224. The van der Waals surface area contributed by atoms with Crippen LogP contribution < -0.4 is 0 Å². The molecular weight excluding hydrogens is 128 g/mol. The monoisotopic (exact) mass is 132 g/mol. The highest BCUT2D eigenvalue weighted by atomic mass is 14.9. The van der Waals surface area contributed by atoms with Gasteiger partial charge in [0.25, 0.3) is 0 Å². The van der Waals surface area contributed by atoms with Crippen LogP contribution in [0.2, 0.25) is 0 Å². The van der Waals surface area contributed by atoms with E-state index in [1.165, 1.54) is 12.4 Å². The standard InChI is InChI=1S/C6H4N4/c7-3-5-6(4-8)10-2-1-9-5/h1-2,5-6H. The molecule has 2 atom stereocenters. The Morgan fingerprint density at radius 3 is 1.70 bits per heavy atom. The zero-order chi connectivity index (χ0) is 7.40. The van der Waals surface area contributed by atoms with Crippen LogP contribution in [0.4, 0.5) is 0 Å². The van der Waals surface area contributed by atoms with Gasteiger partial charge < -0.3 is 0 Å². The van der Waals surface area contributed by atoms with E-state index in [9.17, 15) is 0 Å². The molecular formula is C6H4N4. The van der Waals surface area contributed by atoms with Gasteiger partial charge in [-0.05, 0) is 0 Å².